The average Bonchev–Trinajstić information content (AvgIpc) is 2.72. The molecule has 2 rings (SSSR count). The van der Waals surface area contributed by atoms with E-state index < -0.39 is 11.7 Å². The largest absolute Gasteiger partial charge is 0.416 e. The first-order chi connectivity index (χ1) is 8.86. The second-order valence-electron chi connectivity index (χ2n) is 3.75. The molecule has 7 heteroatoms. The first-order valence-electron chi connectivity index (χ1n) is 5.21. The minimum absolute atomic E-state index is 0.0606. The number of hydrogen-bond donors (Lipinski definition) is 1. The number of anilines is 1. The van der Waals surface area contributed by atoms with Gasteiger partial charge in [0.15, 0.2) is 0 Å². The monoisotopic (exact) mass is 369 g/mol. The van der Waals surface area contributed by atoms with E-state index in [0.717, 1.165) is 20.8 Å². The second-order valence-corrected chi connectivity index (χ2v) is 6.71. The molecule has 0 aliphatic rings. The molecule has 102 valence electrons. The van der Waals surface area contributed by atoms with Crippen molar-refractivity contribution in [3.05, 3.63) is 49.6 Å². The Labute approximate surface area is 125 Å². The third-order valence-corrected chi connectivity index (χ3v) is 4.31. The van der Waals surface area contributed by atoms with E-state index in [2.05, 4.69) is 21.2 Å². The normalized spacial score (nSPS) is 11.6. The van der Waals surface area contributed by atoms with Crippen LogP contribution in [0.3, 0.4) is 0 Å². The van der Waals surface area contributed by atoms with E-state index in [4.69, 9.17) is 11.6 Å². The van der Waals surface area contributed by atoms with Crippen molar-refractivity contribution in [2.24, 2.45) is 0 Å². The average molecular weight is 371 g/mol. The standard InChI is InChI=1S/C12H8BrClF3NS/c13-11-4-2-8(19-11)6-18-10-3-1-7(5-9(10)14)12(15,16)17/h1-5,18H,6H2. The van der Waals surface area contributed by atoms with Crippen molar-refractivity contribution >= 4 is 44.6 Å². The summed E-state index contributed by atoms with van der Waals surface area (Å²) in [4.78, 5) is 1.06. The molecule has 1 aromatic carbocycles. The molecule has 1 aromatic heterocycles. The fourth-order valence-corrected chi connectivity index (χ4v) is 3.13. The molecular formula is C12H8BrClF3NS. The first-order valence-corrected chi connectivity index (χ1v) is 7.20. The Balaban J connectivity index is 2.09. The quantitative estimate of drug-likeness (QED) is 0.720. The summed E-state index contributed by atoms with van der Waals surface area (Å²) in [7, 11) is 0. The number of rotatable bonds is 3. The van der Waals surface area contributed by atoms with E-state index in [9.17, 15) is 13.2 Å². The number of alkyl halides is 3. The number of benzene rings is 1. The lowest BCUT2D eigenvalue weighted by molar-refractivity contribution is -0.137. The van der Waals surface area contributed by atoms with Crippen LogP contribution >= 0.6 is 38.9 Å². The van der Waals surface area contributed by atoms with Crippen LogP contribution in [0.15, 0.2) is 34.1 Å². The smallest absolute Gasteiger partial charge is 0.379 e. The van der Waals surface area contributed by atoms with Gasteiger partial charge in [0.05, 0.1) is 20.1 Å². The van der Waals surface area contributed by atoms with Gasteiger partial charge in [-0.25, -0.2) is 0 Å². The zero-order valence-electron chi connectivity index (χ0n) is 9.39. The van der Waals surface area contributed by atoms with Crippen LogP contribution in [0.2, 0.25) is 5.02 Å². The van der Waals surface area contributed by atoms with E-state index >= 15 is 0 Å². The third kappa shape index (κ3) is 3.87. The van der Waals surface area contributed by atoms with Crippen LogP contribution in [0, 0.1) is 0 Å². The van der Waals surface area contributed by atoms with Gasteiger partial charge in [-0.15, -0.1) is 11.3 Å². The maximum absolute atomic E-state index is 12.5. The summed E-state index contributed by atoms with van der Waals surface area (Å²) in [5, 5.41) is 3.07. The van der Waals surface area contributed by atoms with Gasteiger partial charge in [-0.3, -0.25) is 0 Å². The van der Waals surface area contributed by atoms with Crippen LogP contribution in [0.1, 0.15) is 10.4 Å². The van der Waals surface area contributed by atoms with Gasteiger partial charge in [0, 0.05) is 11.4 Å². The van der Waals surface area contributed by atoms with Crippen molar-refractivity contribution < 1.29 is 13.2 Å². The summed E-state index contributed by atoms with van der Waals surface area (Å²) in [6, 6.07) is 7.12. The van der Waals surface area contributed by atoms with Gasteiger partial charge in [-0.05, 0) is 46.3 Å². The van der Waals surface area contributed by atoms with Gasteiger partial charge in [0.1, 0.15) is 0 Å². The molecule has 0 atom stereocenters. The SMILES string of the molecule is FC(F)(F)c1ccc(NCc2ccc(Br)s2)c(Cl)c1. The summed E-state index contributed by atoms with van der Waals surface area (Å²) in [5.41, 5.74) is -0.263. The highest BCUT2D eigenvalue weighted by molar-refractivity contribution is 9.11. The lowest BCUT2D eigenvalue weighted by Gasteiger charge is -2.11. The van der Waals surface area contributed by atoms with Gasteiger partial charge >= 0.3 is 6.18 Å². The molecule has 19 heavy (non-hydrogen) atoms. The van der Waals surface area contributed by atoms with Crippen LogP contribution in [0.4, 0.5) is 18.9 Å². The zero-order chi connectivity index (χ0) is 14.0. The number of hydrogen-bond acceptors (Lipinski definition) is 2. The minimum Gasteiger partial charge on any atom is -0.379 e. The number of halogens is 5. The summed E-state index contributed by atoms with van der Waals surface area (Å²) in [5.74, 6) is 0. The topological polar surface area (TPSA) is 12.0 Å². The first kappa shape index (κ1) is 14.7. The molecule has 0 saturated heterocycles. The molecule has 0 aliphatic heterocycles. The molecule has 1 N–H and O–H groups in total. The zero-order valence-corrected chi connectivity index (χ0v) is 12.6. The van der Waals surface area contributed by atoms with Crippen molar-refractivity contribution in [3.8, 4) is 0 Å². The molecule has 0 amide bonds. The Morgan fingerprint density at radius 1 is 1.21 bits per heavy atom. The Hall–Kier alpha value is -0.720. The Morgan fingerprint density at radius 3 is 2.47 bits per heavy atom. The molecule has 0 radical (unpaired) electrons. The van der Waals surface area contributed by atoms with Crippen molar-refractivity contribution in [1.82, 2.24) is 0 Å². The molecule has 0 fully saturated rings. The summed E-state index contributed by atoms with van der Waals surface area (Å²) < 4.78 is 38.4. The van der Waals surface area contributed by atoms with Crippen molar-refractivity contribution in [2.45, 2.75) is 12.7 Å². The molecule has 1 heterocycles. The fraction of sp³-hybridized carbons (Fsp3) is 0.167. The van der Waals surface area contributed by atoms with Gasteiger partial charge in [0.2, 0.25) is 0 Å². The van der Waals surface area contributed by atoms with Gasteiger partial charge in [-0.2, -0.15) is 13.2 Å². The lowest BCUT2D eigenvalue weighted by atomic mass is 10.2. The molecule has 0 aliphatic carbocycles. The Bertz CT molecular complexity index is 583. The van der Waals surface area contributed by atoms with E-state index in [1.54, 1.807) is 11.3 Å². The Kier molecular flexibility index (Phi) is 4.43. The third-order valence-electron chi connectivity index (χ3n) is 2.38. The number of nitrogens with one attached hydrogen (secondary N) is 1. The molecule has 2 aromatic rings. The van der Waals surface area contributed by atoms with Crippen molar-refractivity contribution in [2.75, 3.05) is 5.32 Å². The number of thiophene rings is 1. The minimum atomic E-state index is -4.37. The highest BCUT2D eigenvalue weighted by atomic mass is 79.9. The maximum Gasteiger partial charge on any atom is 0.416 e. The van der Waals surface area contributed by atoms with Crippen LogP contribution in [0.25, 0.3) is 0 Å². The van der Waals surface area contributed by atoms with Crippen molar-refractivity contribution in [3.63, 3.8) is 0 Å². The van der Waals surface area contributed by atoms with E-state index in [1.165, 1.54) is 6.07 Å². The van der Waals surface area contributed by atoms with E-state index in [0.29, 0.717) is 12.2 Å². The highest BCUT2D eigenvalue weighted by Gasteiger charge is 2.30. The molecule has 0 bridgehead atoms. The molecule has 0 spiro atoms. The summed E-state index contributed by atoms with van der Waals surface area (Å²) in [6.07, 6.45) is -4.37. The lowest BCUT2D eigenvalue weighted by Crippen LogP contribution is -2.05. The van der Waals surface area contributed by atoms with E-state index in [1.807, 2.05) is 12.1 Å². The fourth-order valence-electron chi connectivity index (χ4n) is 1.46. The van der Waals surface area contributed by atoms with Crippen LogP contribution in [-0.2, 0) is 12.7 Å². The van der Waals surface area contributed by atoms with E-state index in [-0.39, 0.29) is 5.02 Å². The summed E-state index contributed by atoms with van der Waals surface area (Å²) in [6.45, 7) is 0.515. The predicted molar refractivity (Wildman–Crippen MR) is 75.8 cm³/mol. The van der Waals surface area contributed by atoms with Gasteiger partial charge in [-0.1, -0.05) is 11.6 Å². The maximum atomic E-state index is 12.5. The van der Waals surface area contributed by atoms with Crippen LogP contribution < -0.4 is 5.32 Å². The molecule has 0 saturated carbocycles. The van der Waals surface area contributed by atoms with Gasteiger partial charge < -0.3 is 5.32 Å². The van der Waals surface area contributed by atoms with Crippen LogP contribution in [0.5, 0.6) is 0 Å². The Morgan fingerprint density at radius 2 is 1.95 bits per heavy atom. The molecular weight excluding hydrogens is 363 g/mol. The van der Waals surface area contributed by atoms with Gasteiger partial charge in [0.25, 0.3) is 0 Å². The van der Waals surface area contributed by atoms with Crippen LogP contribution in [-0.4, -0.2) is 0 Å². The second kappa shape index (κ2) is 5.73. The van der Waals surface area contributed by atoms with Crippen molar-refractivity contribution in [1.29, 1.82) is 0 Å². The molecule has 0 unspecified atom stereocenters. The molecule has 1 nitrogen and oxygen atoms in total. The predicted octanol–water partition coefficient (Wildman–Crippen LogP) is 5.79. The summed E-state index contributed by atoms with van der Waals surface area (Å²) >= 11 is 10.7. The highest BCUT2D eigenvalue weighted by Crippen LogP contribution is 2.34.